The Morgan fingerprint density at radius 3 is 0.568 bits per heavy atom. The van der Waals surface area contributed by atoms with E-state index < -0.39 is 0 Å². The van der Waals surface area contributed by atoms with Crippen molar-refractivity contribution in [2.75, 3.05) is 0 Å². The molecule has 0 spiro atoms. The third-order valence-electron chi connectivity index (χ3n) is 28.4. The molecule has 7 heterocycles. The zero-order chi connectivity index (χ0) is 91.5. The molecule has 0 radical (unpaired) electrons. The first-order valence-corrected chi connectivity index (χ1v) is 48.5. The molecular weight excluding hydrogens is 1700 g/mol. The van der Waals surface area contributed by atoms with Gasteiger partial charge in [0.05, 0.1) is 66.2 Å². The number of nitrogens with zero attached hydrogens (tertiary/aromatic N) is 6. The number of fused-ring (bicyclic) bond motifs is 21. The van der Waals surface area contributed by atoms with Gasteiger partial charge in [0.2, 0.25) is 0 Å². The van der Waals surface area contributed by atoms with Gasteiger partial charge in [-0.05, 0) is 273 Å². The summed E-state index contributed by atoms with van der Waals surface area (Å²) >= 11 is 1.86. The summed E-state index contributed by atoms with van der Waals surface area (Å²) in [6.45, 7) is 0. The lowest BCUT2D eigenvalue weighted by Crippen LogP contribution is -1.94. The Morgan fingerprint density at radius 1 is 0.101 bits per heavy atom. The maximum absolute atomic E-state index is 2.41. The van der Waals surface area contributed by atoms with Crippen molar-refractivity contribution < 1.29 is 0 Å². The predicted octanol–water partition coefficient (Wildman–Crippen LogP) is 36.0. The minimum Gasteiger partial charge on any atom is -0.309 e. The number of thiophene rings is 1. The summed E-state index contributed by atoms with van der Waals surface area (Å²) in [6.07, 6.45) is 0. The second kappa shape index (κ2) is 33.5. The maximum Gasteiger partial charge on any atom is 0.0541 e. The number of para-hydroxylation sites is 10. The molecule has 0 saturated heterocycles. The first-order valence-electron chi connectivity index (χ1n) is 47.7. The monoisotopic (exact) mass is 1790 g/mol. The molecule has 0 unspecified atom stereocenters. The Bertz CT molecular complexity index is 9710. The number of aromatic nitrogens is 6. The van der Waals surface area contributed by atoms with Crippen molar-refractivity contribution >= 4 is 162 Å². The van der Waals surface area contributed by atoms with Gasteiger partial charge in [-0.15, -0.1) is 11.3 Å². The van der Waals surface area contributed by atoms with Gasteiger partial charge in [0.15, 0.2) is 0 Å². The van der Waals surface area contributed by atoms with Gasteiger partial charge in [-0.25, -0.2) is 0 Å². The van der Waals surface area contributed by atoms with E-state index in [2.05, 4.69) is 549 Å². The van der Waals surface area contributed by atoms with E-state index in [1.54, 1.807) is 0 Å². The molecule has 0 amide bonds. The summed E-state index contributed by atoms with van der Waals surface area (Å²) in [5.74, 6) is 0. The highest BCUT2D eigenvalue weighted by molar-refractivity contribution is 7.25. The minimum absolute atomic E-state index is 1.15. The van der Waals surface area contributed by atoms with Crippen molar-refractivity contribution in [2.45, 2.75) is 0 Å². The standard InChI is InChI=1S/C48H30N2S.C48H32N2.C36H24N2/c1-2-10-35(11-3-1)49-43-15-7-4-12-37(43)40-28-33(20-25-45(40)49)34-21-26-46-41(29-34)38-13-5-8-16-44(38)50(46)36-23-18-31(19-24-36)32-22-27-48-42(30-32)39-14-6-9-17-47(39)51-48;1-3-12-33(13-4-1)35-14-11-15-36(30-35)34-22-26-40(27-23-34)50-46-21-10-8-19-42(46)44-32-38(25-29-48(44)50)37-24-28-47-43(31-37)41-18-7-9-20-45(41)49(47)39-16-5-2-6-17-39;1-3-11-27(12-4-1)37-33-17-9-7-15-29(33)31-23-25(19-21-35(31)37)26-20-22-36-32(24-26)30-16-8-10-18-34(30)38(36)28-13-5-2-6-14-28/h1-30H;1-32H;1-24H. The van der Waals surface area contributed by atoms with E-state index in [4.69, 9.17) is 0 Å². The van der Waals surface area contributed by atoms with E-state index in [9.17, 15) is 0 Å². The van der Waals surface area contributed by atoms with Gasteiger partial charge in [0.1, 0.15) is 0 Å². The molecule has 0 fully saturated rings. The normalized spacial score (nSPS) is 11.7. The maximum atomic E-state index is 2.41. The zero-order valence-electron chi connectivity index (χ0n) is 75.7. The Hall–Kier alpha value is -18.1. The third-order valence-corrected chi connectivity index (χ3v) is 29.5. The Labute approximate surface area is 806 Å². The average Bonchev–Trinajstić information content (AvgIpc) is 1.59. The first-order chi connectivity index (χ1) is 68.9. The van der Waals surface area contributed by atoms with E-state index in [1.165, 1.54) is 241 Å². The van der Waals surface area contributed by atoms with Crippen LogP contribution in [0.5, 0.6) is 0 Å². The second-order valence-corrected chi connectivity index (χ2v) is 37.3. The van der Waals surface area contributed by atoms with Crippen LogP contribution in [0, 0.1) is 0 Å². The third kappa shape index (κ3) is 13.8. The Kier molecular flexibility index (Phi) is 19.4. The molecule has 6 nitrogen and oxygen atoms in total. The quantitative estimate of drug-likeness (QED) is 0.117. The van der Waals surface area contributed by atoms with Crippen LogP contribution in [0.1, 0.15) is 0 Å². The molecule has 139 heavy (non-hydrogen) atoms. The van der Waals surface area contributed by atoms with Crippen LogP contribution in [0.3, 0.4) is 0 Å². The van der Waals surface area contributed by atoms with Crippen LogP contribution in [0.2, 0.25) is 0 Å². The van der Waals surface area contributed by atoms with Crippen LogP contribution in [0.25, 0.3) is 252 Å². The topological polar surface area (TPSA) is 29.6 Å². The molecule has 650 valence electrons. The molecule has 0 atom stereocenters. The molecule has 0 aliphatic rings. The molecule has 0 aliphatic heterocycles. The van der Waals surface area contributed by atoms with Crippen molar-refractivity contribution in [3.8, 4) is 101 Å². The molecule has 0 aliphatic carbocycles. The van der Waals surface area contributed by atoms with Gasteiger partial charge in [-0.1, -0.05) is 315 Å². The second-order valence-electron chi connectivity index (χ2n) is 36.2. The van der Waals surface area contributed by atoms with E-state index in [1.807, 2.05) is 11.3 Å². The highest BCUT2D eigenvalue weighted by Crippen LogP contribution is 2.46. The molecule has 7 aromatic heterocycles. The van der Waals surface area contributed by atoms with Crippen LogP contribution < -0.4 is 0 Å². The molecule has 22 aromatic carbocycles. The largest absolute Gasteiger partial charge is 0.309 e. The fraction of sp³-hybridized carbons (Fsp3) is 0. The highest BCUT2D eigenvalue weighted by atomic mass is 32.1. The van der Waals surface area contributed by atoms with Crippen LogP contribution >= 0.6 is 11.3 Å². The van der Waals surface area contributed by atoms with Crippen LogP contribution in [-0.4, -0.2) is 27.4 Å². The average molecular weight is 1790 g/mol. The summed E-state index contributed by atoms with van der Waals surface area (Å²) in [5.41, 5.74) is 36.3. The van der Waals surface area contributed by atoms with Crippen molar-refractivity contribution in [2.24, 2.45) is 0 Å². The van der Waals surface area contributed by atoms with Gasteiger partial charge < -0.3 is 27.4 Å². The smallest absolute Gasteiger partial charge is 0.0541 e. The molecule has 29 aromatic rings. The summed E-state index contributed by atoms with van der Waals surface area (Å²) in [5, 5.41) is 17.8. The van der Waals surface area contributed by atoms with E-state index in [0.29, 0.717) is 0 Å². The molecule has 0 N–H and O–H groups in total. The lowest BCUT2D eigenvalue weighted by Gasteiger charge is -2.11. The van der Waals surface area contributed by atoms with Crippen LogP contribution in [-0.2, 0) is 0 Å². The molecule has 0 saturated carbocycles. The fourth-order valence-corrected chi connectivity index (χ4v) is 23.0. The number of benzene rings is 22. The van der Waals surface area contributed by atoms with Gasteiger partial charge in [0.25, 0.3) is 0 Å². The van der Waals surface area contributed by atoms with E-state index in [-0.39, 0.29) is 0 Å². The predicted molar refractivity (Wildman–Crippen MR) is 591 cm³/mol. The number of hydrogen-bond donors (Lipinski definition) is 0. The molecular formula is C132H86N6S. The number of rotatable bonds is 12. The van der Waals surface area contributed by atoms with Gasteiger partial charge in [-0.3, -0.25) is 0 Å². The minimum atomic E-state index is 1.15. The lowest BCUT2D eigenvalue weighted by atomic mass is 9.99. The SMILES string of the molecule is c1ccc(-c2cccc(-c3ccc(-n4c5ccccc5c5cc(-c6ccc7c(c6)c6ccccc6n7-c6ccccc6)ccc54)cc3)c2)cc1.c1ccc(-n2c3ccccc3c3cc(-c4ccc5c(c4)c4ccccc4n5-c4ccc(-c5ccc6sc7ccccc7c6c5)cc4)ccc32)cc1.c1ccc(-n2c3ccccc3c3cc(-c4ccc5c(c4)c4ccccc4n5-c4ccccc4)ccc32)cc1. The molecule has 7 heteroatoms. The summed E-state index contributed by atoms with van der Waals surface area (Å²) < 4.78 is 17.0. The summed E-state index contributed by atoms with van der Waals surface area (Å²) in [7, 11) is 0. The van der Waals surface area contributed by atoms with E-state index in [0.717, 1.165) is 11.4 Å². The lowest BCUT2D eigenvalue weighted by molar-refractivity contribution is 1.18. The van der Waals surface area contributed by atoms with E-state index >= 15 is 0 Å². The number of hydrogen-bond acceptors (Lipinski definition) is 1. The highest BCUT2D eigenvalue weighted by Gasteiger charge is 2.23. The Balaban J connectivity index is 0.000000106. The molecule has 29 rings (SSSR count). The van der Waals surface area contributed by atoms with Crippen LogP contribution in [0.4, 0.5) is 0 Å². The van der Waals surface area contributed by atoms with Gasteiger partial charge in [-0.2, -0.15) is 0 Å². The first kappa shape index (κ1) is 80.5. The summed E-state index contributed by atoms with van der Waals surface area (Å²) in [6, 6.07) is 190. The molecule has 0 bridgehead atoms. The summed E-state index contributed by atoms with van der Waals surface area (Å²) in [4.78, 5) is 0. The van der Waals surface area contributed by atoms with Crippen molar-refractivity contribution in [1.82, 2.24) is 27.4 Å². The van der Waals surface area contributed by atoms with Crippen molar-refractivity contribution in [1.29, 1.82) is 0 Å². The van der Waals surface area contributed by atoms with Crippen LogP contribution in [0.15, 0.2) is 522 Å². The van der Waals surface area contributed by atoms with Crippen molar-refractivity contribution in [3.05, 3.63) is 522 Å². The van der Waals surface area contributed by atoms with Gasteiger partial charge >= 0.3 is 0 Å². The Morgan fingerprint density at radius 2 is 0.281 bits per heavy atom. The van der Waals surface area contributed by atoms with Crippen molar-refractivity contribution in [3.63, 3.8) is 0 Å². The van der Waals surface area contributed by atoms with Gasteiger partial charge in [0, 0.05) is 119 Å². The zero-order valence-corrected chi connectivity index (χ0v) is 76.6. The fourth-order valence-electron chi connectivity index (χ4n) is 21.9.